The van der Waals surface area contributed by atoms with Crippen molar-refractivity contribution in [2.45, 2.75) is 49.2 Å². The molecule has 3 aliphatic rings. The van der Waals surface area contributed by atoms with Crippen molar-refractivity contribution in [3.05, 3.63) is 0 Å². The summed E-state index contributed by atoms with van der Waals surface area (Å²) in [6, 6.07) is 0. The van der Waals surface area contributed by atoms with Crippen LogP contribution in [-0.4, -0.2) is 47.9 Å². The van der Waals surface area contributed by atoms with Crippen LogP contribution in [0.4, 0.5) is 0 Å². The van der Waals surface area contributed by atoms with Crippen LogP contribution in [0.15, 0.2) is 0 Å². The van der Waals surface area contributed by atoms with E-state index in [9.17, 15) is 0 Å². The fraction of sp³-hybridized carbons (Fsp3) is 1.00. The van der Waals surface area contributed by atoms with Crippen LogP contribution in [0.1, 0.15) is 19.3 Å². The third-order valence-electron chi connectivity index (χ3n) is 3.64. The van der Waals surface area contributed by atoms with Gasteiger partial charge in [-0.25, -0.2) is 0 Å². The normalized spacial score (nSPS) is 50.1. The number of epoxide rings is 1. The van der Waals surface area contributed by atoms with Crippen molar-refractivity contribution < 1.29 is 14.2 Å². The molecule has 0 spiro atoms. The summed E-state index contributed by atoms with van der Waals surface area (Å²) in [4.78, 5) is 0. The van der Waals surface area contributed by atoms with Gasteiger partial charge < -0.3 is 14.2 Å². The molecule has 0 amide bonds. The molecule has 14 heavy (non-hydrogen) atoms. The van der Waals surface area contributed by atoms with E-state index in [1.807, 2.05) is 0 Å². The molecule has 5 atom stereocenters. The van der Waals surface area contributed by atoms with Crippen LogP contribution in [-0.2, 0) is 14.2 Å². The van der Waals surface area contributed by atoms with Crippen LogP contribution in [0, 0.1) is 0 Å². The van der Waals surface area contributed by atoms with Crippen LogP contribution in [0.3, 0.4) is 0 Å². The molecule has 0 aliphatic carbocycles. The summed E-state index contributed by atoms with van der Waals surface area (Å²) in [5.74, 6) is 0. The lowest BCUT2D eigenvalue weighted by atomic mass is 9.97. The molecule has 0 N–H and O–H groups in total. The van der Waals surface area contributed by atoms with E-state index in [4.69, 9.17) is 14.2 Å². The van der Waals surface area contributed by atoms with Gasteiger partial charge in [-0.1, -0.05) is 0 Å². The van der Waals surface area contributed by atoms with Crippen molar-refractivity contribution >= 4 is 10.2 Å². The number of hydrogen-bond acceptors (Lipinski definition) is 3. The van der Waals surface area contributed by atoms with Gasteiger partial charge in [0.25, 0.3) is 0 Å². The highest BCUT2D eigenvalue weighted by Gasteiger charge is 2.45. The van der Waals surface area contributed by atoms with Gasteiger partial charge in [0.05, 0.1) is 31.0 Å². The van der Waals surface area contributed by atoms with Crippen molar-refractivity contribution in [3.63, 3.8) is 0 Å². The van der Waals surface area contributed by atoms with E-state index in [0.717, 1.165) is 31.6 Å². The van der Waals surface area contributed by atoms with Crippen molar-refractivity contribution in [2.24, 2.45) is 0 Å². The van der Waals surface area contributed by atoms with Gasteiger partial charge in [-0.05, 0) is 18.4 Å². The maximum absolute atomic E-state index is 5.85. The Morgan fingerprint density at radius 2 is 2.14 bits per heavy atom. The minimum atomic E-state index is 0.393. The molecule has 80 valence electrons. The molecule has 0 aromatic carbocycles. The first kappa shape index (κ1) is 9.33. The Bertz CT molecular complexity index is 217. The molecule has 0 radical (unpaired) electrons. The van der Waals surface area contributed by atoms with Gasteiger partial charge in [0.1, 0.15) is 0 Å². The van der Waals surface area contributed by atoms with Gasteiger partial charge in [0, 0.05) is 23.3 Å². The zero-order chi connectivity index (χ0) is 9.54. The third-order valence-corrected chi connectivity index (χ3v) is 4.86. The van der Waals surface area contributed by atoms with E-state index in [1.165, 1.54) is 16.7 Å². The molecule has 3 nitrogen and oxygen atoms in total. The van der Waals surface area contributed by atoms with Gasteiger partial charge in [0.2, 0.25) is 0 Å². The van der Waals surface area contributed by atoms with Gasteiger partial charge in [-0.3, -0.25) is 0 Å². The molecule has 3 heterocycles. The second-order valence-electron chi connectivity index (χ2n) is 4.81. The van der Waals surface area contributed by atoms with Crippen molar-refractivity contribution in [2.75, 3.05) is 13.2 Å². The van der Waals surface area contributed by atoms with Crippen LogP contribution in [0.25, 0.3) is 0 Å². The van der Waals surface area contributed by atoms with Gasteiger partial charge >= 0.3 is 0 Å². The first-order valence-corrected chi connectivity index (χ1v) is 6.87. The van der Waals surface area contributed by atoms with Crippen molar-refractivity contribution in [1.82, 2.24) is 0 Å². The van der Waals surface area contributed by atoms with Gasteiger partial charge in [-0.2, -0.15) is 0 Å². The molecule has 2 bridgehead atoms. The van der Waals surface area contributed by atoms with Crippen molar-refractivity contribution in [3.8, 4) is 0 Å². The first-order valence-electron chi connectivity index (χ1n) is 5.71. The zero-order valence-corrected chi connectivity index (χ0v) is 10.6. The van der Waals surface area contributed by atoms with E-state index in [2.05, 4.69) is 0 Å². The molecule has 4 heteroatoms. The minimum Gasteiger partial charge on any atom is -0.375 e. The maximum Gasteiger partial charge on any atom is 0.0861 e. The molecule has 5 unspecified atom stereocenters. The number of ether oxygens (including phenoxy) is 3. The first-order chi connectivity index (χ1) is 6.83. The van der Waals surface area contributed by atoms with Crippen LogP contribution >= 0.6 is 0 Å². The Labute approximate surface area is 87.5 Å². The molecule has 0 aromatic rings. The lowest BCUT2D eigenvalue weighted by Crippen LogP contribution is -2.28. The minimum absolute atomic E-state index is 0.393. The van der Waals surface area contributed by atoms with E-state index in [-0.39, 0.29) is 0 Å². The van der Waals surface area contributed by atoms with Crippen molar-refractivity contribution in [1.29, 1.82) is 0 Å². The predicted octanol–water partition coefficient (Wildman–Crippen LogP) is -0.124. The summed E-state index contributed by atoms with van der Waals surface area (Å²) in [6.45, 7) is 1.80. The average molecular weight is 214 g/mol. The largest absolute Gasteiger partial charge is 0.375 e. The predicted molar refractivity (Wildman–Crippen MR) is 55.7 cm³/mol. The second kappa shape index (κ2) is 3.59. The topological polar surface area (TPSA) is 31.0 Å². The van der Waals surface area contributed by atoms with Crippen LogP contribution in [0.5, 0.6) is 0 Å². The lowest BCUT2D eigenvalue weighted by Gasteiger charge is -2.22. The second-order valence-corrected chi connectivity index (χ2v) is 6.30. The third kappa shape index (κ3) is 1.76. The summed E-state index contributed by atoms with van der Waals surface area (Å²) in [6.07, 6.45) is 5.31. The lowest BCUT2D eigenvalue weighted by molar-refractivity contribution is -0.00325. The molecule has 3 rings (SSSR count). The summed E-state index contributed by atoms with van der Waals surface area (Å²) in [5, 5.41) is 0. The van der Waals surface area contributed by atoms with E-state index in [0.29, 0.717) is 24.4 Å². The Morgan fingerprint density at radius 3 is 2.71 bits per heavy atom. The monoisotopic (exact) mass is 214 g/mol. The molecular formula is C10H18O3Si. The van der Waals surface area contributed by atoms with Gasteiger partial charge in [0.15, 0.2) is 0 Å². The maximum atomic E-state index is 5.85. The zero-order valence-electron chi connectivity index (χ0n) is 8.65. The fourth-order valence-electron chi connectivity index (χ4n) is 2.60. The number of rotatable bonds is 4. The highest BCUT2D eigenvalue weighted by Crippen LogP contribution is 2.42. The summed E-state index contributed by atoms with van der Waals surface area (Å²) in [5.41, 5.74) is 0.881. The number of fused-ring (bicyclic) bond motifs is 2. The van der Waals surface area contributed by atoms with Crippen LogP contribution in [0.2, 0.25) is 5.54 Å². The highest BCUT2D eigenvalue weighted by molar-refractivity contribution is 6.12. The fourth-order valence-corrected chi connectivity index (χ4v) is 3.50. The molecule has 3 aliphatic heterocycles. The average Bonchev–Trinajstić information content (AvgIpc) is 2.80. The van der Waals surface area contributed by atoms with Gasteiger partial charge in [-0.15, -0.1) is 0 Å². The Balaban J connectivity index is 1.42. The molecule has 0 aromatic heterocycles. The Hall–Kier alpha value is 0.0969. The van der Waals surface area contributed by atoms with Crippen LogP contribution < -0.4 is 0 Å². The highest BCUT2D eigenvalue weighted by atomic mass is 28.1. The van der Waals surface area contributed by atoms with E-state index < -0.39 is 0 Å². The molecule has 0 saturated carbocycles. The summed E-state index contributed by atoms with van der Waals surface area (Å²) < 4.78 is 16.8. The van der Waals surface area contributed by atoms with E-state index >= 15 is 0 Å². The smallest absolute Gasteiger partial charge is 0.0861 e. The Morgan fingerprint density at radius 1 is 1.29 bits per heavy atom. The Kier molecular flexibility index (Phi) is 2.39. The SMILES string of the molecule is [SiH3]C1CC2OC1CC2OCCC1CO1. The molecule has 3 saturated heterocycles. The standard InChI is InChI=1S/C10H18O3Si/c14-10-4-8-7(3-9(10)13-8)11-2-1-6-5-12-6/h6-10H,1-5H2,14H3. The molecular weight excluding hydrogens is 196 g/mol. The quantitative estimate of drug-likeness (QED) is 0.483. The molecule has 3 fully saturated rings. The summed E-state index contributed by atoms with van der Waals surface area (Å²) in [7, 11) is 1.28. The number of hydrogen-bond donors (Lipinski definition) is 0. The van der Waals surface area contributed by atoms with E-state index in [1.54, 1.807) is 0 Å². The summed E-state index contributed by atoms with van der Waals surface area (Å²) >= 11 is 0.